The molecule has 31 heavy (non-hydrogen) atoms. The zero-order valence-electron chi connectivity index (χ0n) is 16.6. The summed E-state index contributed by atoms with van der Waals surface area (Å²) in [6.07, 6.45) is -0.454. The van der Waals surface area contributed by atoms with Crippen LogP contribution in [0.1, 0.15) is 27.7 Å². The lowest BCUT2D eigenvalue weighted by molar-refractivity contribution is 0.0697. The molecule has 2 N–H and O–H groups in total. The first-order chi connectivity index (χ1) is 15.0. The van der Waals surface area contributed by atoms with Crippen LogP contribution in [-0.4, -0.2) is 25.8 Å². The maximum atomic E-state index is 12.9. The van der Waals surface area contributed by atoms with E-state index in [1.165, 1.54) is 0 Å². The smallest absolute Gasteiger partial charge is 0.335 e. The maximum Gasteiger partial charge on any atom is 0.335 e. The predicted octanol–water partition coefficient (Wildman–Crippen LogP) is 3.95. The number of carbonyl (C=O) groups is 1. The summed E-state index contributed by atoms with van der Waals surface area (Å²) >= 11 is 0. The fourth-order valence-electron chi connectivity index (χ4n) is 3.70. The van der Waals surface area contributed by atoms with E-state index in [9.17, 15) is 14.7 Å². The van der Waals surface area contributed by atoms with Crippen LogP contribution < -0.4 is 10.9 Å². The number of aryl methyl sites for hydroxylation is 1. The minimum atomic E-state index is -0.987. The molecule has 0 bridgehead atoms. The summed E-state index contributed by atoms with van der Waals surface area (Å²) in [5.41, 5.74) is 4.25. The van der Waals surface area contributed by atoms with Gasteiger partial charge in [-0.25, -0.2) is 9.48 Å². The number of para-hydroxylation sites is 1. The molecule has 0 saturated heterocycles. The lowest BCUT2D eigenvalue weighted by atomic mass is 10.0. The molecule has 1 aliphatic heterocycles. The molecule has 4 aromatic rings. The van der Waals surface area contributed by atoms with E-state index >= 15 is 0 Å². The SMILES string of the molecule is Cc1ccc(-c2nn3c(nc2=O)-c2ccccc2NC3c2ccc(C(=O)O)cc2)cc1. The van der Waals surface area contributed by atoms with E-state index in [1.54, 1.807) is 28.9 Å². The number of carboxylic acid groups (broad SMARTS) is 1. The zero-order valence-corrected chi connectivity index (χ0v) is 16.6. The number of rotatable bonds is 3. The molecule has 7 nitrogen and oxygen atoms in total. The highest BCUT2D eigenvalue weighted by Gasteiger charge is 2.28. The molecule has 0 fully saturated rings. The van der Waals surface area contributed by atoms with E-state index in [-0.39, 0.29) is 11.3 Å². The average Bonchev–Trinajstić information content (AvgIpc) is 2.79. The Hall–Kier alpha value is -4.26. The number of benzene rings is 3. The molecule has 1 aliphatic rings. The lowest BCUT2D eigenvalue weighted by Crippen LogP contribution is -2.32. The normalized spacial score (nSPS) is 14.3. The van der Waals surface area contributed by atoms with Gasteiger partial charge in [0.25, 0.3) is 5.56 Å². The second-order valence-corrected chi connectivity index (χ2v) is 7.42. The topological polar surface area (TPSA) is 97.1 Å². The van der Waals surface area contributed by atoms with Crippen molar-refractivity contribution in [1.29, 1.82) is 0 Å². The summed E-state index contributed by atoms with van der Waals surface area (Å²) in [5, 5.41) is 17.3. The molecule has 0 spiro atoms. The van der Waals surface area contributed by atoms with E-state index in [4.69, 9.17) is 0 Å². The summed E-state index contributed by atoms with van der Waals surface area (Å²) in [5.74, 6) is -0.526. The number of hydrogen-bond donors (Lipinski definition) is 2. The Morgan fingerprint density at radius 2 is 1.71 bits per heavy atom. The Morgan fingerprint density at radius 1 is 1.00 bits per heavy atom. The Labute approximate surface area is 177 Å². The summed E-state index contributed by atoms with van der Waals surface area (Å²) in [6, 6.07) is 21.7. The maximum absolute atomic E-state index is 12.9. The second-order valence-electron chi connectivity index (χ2n) is 7.42. The fourth-order valence-corrected chi connectivity index (χ4v) is 3.70. The number of anilines is 1. The van der Waals surface area contributed by atoms with E-state index in [2.05, 4.69) is 15.4 Å². The van der Waals surface area contributed by atoms with Gasteiger partial charge in [-0.1, -0.05) is 54.1 Å². The molecule has 1 aromatic heterocycles. The van der Waals surface area contributed by atoms with Gasteiger partial charge in [0, 0.05) is 16.8 Å². The van der Waals surface area contributed by atoms with Crippen LogP contribution in [0.2, 0.25) is 0 Å². The minimum Gasteiger partial charge on any atom is -0.478 e. The van der Waals surface area contributed by atoms with Crippen LogP contribution in [0.15, 0.2) is 77.6 Å². The van der Waals surface area contributed by atoms with Gasteiger partial charge < -0.3 is 10.4 Å². The highest BCUT2D eigenvalue weighted by molar-refractivity contribution is 5.87. The minimum absolute atomic E-state index is 0.200. The Morgan fingerprint density at radius 3 is 2.42 bits per heavy atom. The van der Waals surface area contributed by atoms with Gasteiger partial charge >= 0.3 is 5.97 Å². The summed E-state index contributed by atoms with van der Waals surface area (Å²) in [4.78, 5) is 28.5. The first-order valence-corrected chi connectivity index (χ1v) is 9.78. The van der Waals surface area contributed by atoms with Crippen LogP contribution in [0.3, 0.4) is 0 Å². The van der Waals surface area contributed by atoms with E-state index in [1.807, 2.05) is 55.5 Å². The van der Waals surface area contributed by atoms with Crippen molar-refractivity contribution < 1.29 is 9.90 Å². The largest absolute Gasteiger partial charge is 0.478 e. The van der Waals surface area contributed by atoms with Crippen LogP contribution in [0, 0.1) is 6.92 Å². The molecule has 7 heteroatoms. The van der Waals surface area contributed by atoms with Crippen molar-refractivity contribution in [2.45, 2.75) is 13.1 Å². The molecule has 0 saturated carbocycles. The molecule has 1 unspecified atom stereocenters. The second kappa shape index (κ2) is 7.21. The molecule has 5 rings (SSSR count). The predicted molar refractivity (Wildman–Crippen MR) is 117 cm³/mol. The Bertz CT molecular complexity index is 1360. The lowest BCUT2D eigenvalue weighted by Gasteiger charge is -2.30. The van der Waals surface area contributed by atoms with Crippen molar-refractivity contribution >= 4 is 11.7 Å². The number of aromatic nitrogens is 3. The first-order valence-electron chi connectivity index (χ1n) is 9.78. The highest BCUT2D eigenvalue weighted by atomic mass is 16.4. The molecule has 0 amide bonds. The van der Waals surface area contributed by atoms with Crippen LogP contribution >= 0.6 is 0 Å². The Kier molecular flexibility index (Phi) is 4.36. The van der Waals surface area contributed by atoms with Crippen molar-refractivity contribution in [1.82, 2.24) is 14.8 Å². The van der Waals surface area contributed by atoms with Gasteiger partial charge in [0.2, 0.25) is 0 Å². The number of hydrogen-bond acceptors (Lipinski definition) is 5. The van der Waals surface area contributed by atoms with Crippen LogP contribution in [0.4, 0.5) is 5.69 Å². The highest BCUT2D eigenvalue weighted by Crippen LogP contribution is 2.36. The van der Waals surface area contributed by atoms with Gasteiger partial charge in [0.1, 0.15) is 6.17 Å². The van der Waals surface area contributed by atoms with Gasteiger partial charge in [-0.15, -0.1) is 0 Å². The van der Waals surface area contributed by atoms with E-state index < -0.39 is 17.7 Å². The number of nitrogens with one attached hydrogen (secondary N) is 1. The van der Waals surface area contributed by atoms with E-state index in [0.717, 1.165) is 22.4 Å². The molecule has 0 radical (unpaired) electrons. The monoisotopic (exact) mass is 410 g/mol. The first kappa shape index (κ1) is 18.7. The van der Waals surface area contributed by atoms with Crippen molar-refractivity contribution in [3.05, 3.63) is 99.8 Å². The van der Waals surface area contributed by atoms with Gasteiger partial charge in [-0.2, -0.15) is 10.1 Å². The third-order valence-electron chi connectivity index (χ3n) is 5.34. The van der Waals surface area contributed by atoms with Crippen LogP contribution in [0.5, 0.6) is 0 Å². The van der Waals surface area contributed by atoms with Gasteiger partial charge in [-0.05, 0) is 36.8 Å². The van der Waals surface area contributed by atoms with Crippen LogP contribution in [-0.2, 0) is 0 Å². The quantitative estimate of drug-likeness (QED) is 0.531. The molecular formula is C24H18N4O3. The summed E-state index contributed by atoms with van der Waals surface area (Å²) in [6.45, 7) is 1.98. The Balaban J connectivity index is 1.71. The molecule has 1 atom stereocenters. The fraction of sp³-hybridized carbons (Fsp3) is 0.0833. The molecule has 0 aliphatic carbocycles. The van der Waals surface area contributed by atoms with Crippen molar-refractivity contribution in [2.24, 2.45) is 0 Å². The molecular weight excluding hydrogens is 392 g/mol. The van der Waals surface area contributed by atoms with Gasteiger partial charge in [-0.3, -0.25) is 4.79 Å². The van der Waals surface area contributed by atoms with Gasteiger partial charge in [0.05, 0.1) is 5.56 Å². The number of aromatic carboxylic acids is 1. The van der Waals surface area contributed by atoms with Gasteiger partial charge in [0.15, 0.2) is 11.5 Å². The number of fused-ring (bicyclic) bond motifs is 3. The van der Waals surface area contributed by atoms with Crippen molar-refractivity contribution in [2.75, 3.05) is 5.32 Å². The molecule has 152 valence electrons. The van der Waals surface area contributed by atoms with Crippen LogP contribution in [0.25, 0.3) is 22.6 Å². The average molecular weight is 410 g/mol. The third kappa shape index (κ3) is 3.26. The molecule has 3 aromatic carbocycles. The van der Waals surface area contributed by atoms with Crippen molar-refractivity contribution in [3.8, 4) is 22.6 Å². The van der Waals surface area contributed by atoms with Crippen molar-refractivity contribution in [3.63, 3.8) is 0 Å². The van der Waals surface area contributed by atoms with E-state index in [0.29, 0.717) is 11.4 Å². The summed E-state index contributed by atoms with van der Waals surface area (Å²) < 4.78 is 1.69. The third-order valence-corrected chi connectivity index (χ3v) is 5.34. The number of nitrogens with zero attached hydrogens (tertiary/aromatic N) is 3. The standard InChI is InChI=1S/C24H18N4O3/c1-14-6-8-15(9-7-14)20-23(29)26-22-18-4-2-3-5-19(18)25-21(28(22)27-20)16-10-12-17(13-11-16)24(30)31/h2-13,21,25H,1H3,(H,30,31). The summed E-state index contributed by atoms with van der Waals surface area (Å²) in [7, 11) is 0. The zero-order chi connectivity index (χ0) is 21.5. The molecule has 2 heterocycles. The number of carboxylic acids is 1.